The zero-order chi connectivity index (χ0) is 12.0. The van der Waals surface area contributed by atoms with Crippen LogP contribution in [0, 0.1) is 0 Å². The maximum atomic E-state index is 5.74. The third-order valence-corrected chi connectivity index (χ3v) is 3.00. The van der Waals surface area contributed by atoms with Gasteiger partial charge >= 0.3 is 0 Å². The first-order valence-electron chi connectivity index (χ1n) is 5.39. The molecule has 0 fully saturated rings. The molecular weight excluding hydrogens is 246 g/mol. The van der Waals surface area contributed by atoms with E-state index in [1.54, 1.807) is 5.23 Å². The van der Waals surface area contributed by atoms with Crippen molar-refractivity contribution in [3.63, 3.8) is 0 Å². The zero-order valence-electron chi connectivity index (χ0n) is 9.83. The summed E-state index contributed by atoms with van der Waals surface area (Å²) in [6.45, 7) is 8.92. The fraction of sp³-hybridized carbons (Fsp3) is 0.667. The first-order valence-corrected chi connectivity index (χ1v) is 7.03. The molecule has 0 radical (unpaired) electrons. The summed E-state index contributed by atoms with van der Waals surface area (Å²) < 4.78 is 0. The van der Waals surface area contributed by atoms with Gasteiger partial charge in [-0.25, -0.2) is 0 Å². The minimum Gasteiger partial charge on any atom is -0.357 e. The average molecular weight is 264 g/mol. The van der Waals surface area contributed by atoms with Crippen molar-refractivity contribution in [2.75, 3.05) is 19.6 Å². The van der Waals surface area contributed by atoms with Crippen molar-refractivity contribution in [1.82, 2.24) is 21.0 Å². The molecule has 0 bridgehead atoms. The molecule has 7 heteroatoms. The summed E-state index contributed by atoms with van der Waals surface area (Å²) in [6.07, 6.45) is 1.94. The van der Waals surface area contributed by atoms with Crippen LogP contribution in [-0.2, 0) is 0 Å². The van der Waals surface area contributed by atoms with Crippen LogP contribution in [0.15, 0.2) is 17.0 Å². The Morgan fingerprint density at radius 2 is 2.19 bits per heavy atom. The number of nitrogens with one attached hydrogen (secondary N) is 2. The molecule has 1 aliphatic rings. The smallest absolute Gasteiger partial charge is 0.139 e. The normalized spacial score (nSPS) is 15.4. The van der Waals surface area contributed by atoms with Crippen molar-refractivity contribution >= 4 is 26.7 Å². The maximum absolute atomic E-state index is 5.74. The van der Waals surface area contributed by atoms with E-state index in [0.717, 1.165) is 41.5 Å². The molecule has 0 saturated heterocycles. The largest absolute Gasteiger partial charge is 0.357 e. The molecule has 1 heterocycles. The molecule has 92 valence electrons. The molecular formula is C9H18ClN5S. The van der Waals surface area contributed by atoms with Gasteiger partial charge in [0.15, 0.2) is 0 Å². The Hall–Kier alpha value is -0.590. The van der Waals surface area contributed by atoms with Crippen molar-refractivity contribution in [2.24, 2.45) is 5.10 Å². The zero-order valence-corrected chi connectivity index (χ0v) is 11.4. The van der Waals surface area contributed by atoms with E-state index in [1.807, 2.05) is 13.0 Å². The quantitative estimate of drug-likeness (QED) is 0.791. The molecule has 1 aliphatic heterocycles. The average Bonchev–Trinajstić information content (AvgIpc) is 2.31. The van der Waals surface area contributed by atoms with E-state index >= 15 is 0 Å². The highest BCUT2D eigenvalue weighted by molar-refractivity contribution is 8.33. The van der Waals surface area contributed by atoms with Gasteiger partial charge in [-0.3, -0.25) is 5.43 Å². The Morgan fingerprint density at radius 1 is 1.50 bits per heavy atom. The van der Waals surface area contributed by atoms with Gasteiger partial charge in [-0.2, -0.15) is 5.43 Å². The van der Waals surface area contributed by atoms with E-state index in [2.05, 4.69) is 34.7 Å². The minimum atomic E-state index is 0.767. The van der Waals surface area contributed by atoms with Crippen LogP contribution in [0.2, 0.25) is 0 Å². The molecule has 0 saturated carbocycles. The molecule has 0 aromatic rings. The van der Waals surface area contributed by atoms with Crippen molar-refractivity contribution in [2.45, 2.75) is 20.8 Å². The number of hydrogen-bond donors (Lipinski definition) is 2. The summed E-state index contributed by atoms with van der Waals surface area (Å²) >= 11 is 0. The lowest BCUT2D eigenvalue weighted by Crippen LogP contribution is -2.49. The SMILES string of the molecule is CCNN1N=C(SCl)C=C(N(CC)CC)N1. The Kier molecular flexibility index (Phi) is 5.79. The summed E-state index contributed by atoms with van der Waals surface area (Å²) in [6, 6.07) is 0. The van der Waals surface area contributed by atoms with E-state index < -0.39 is 0 Å². The van der Waals surface area contributed by atoms with Crippen LogP contribution in [0.3, 0.4) is 0 Å². The van der Waals surface area contributed by atoms with Gasteiger partial charge in [0.05, 0.1) is 0 Å². The van der Waals surface area contributed by atoms with Crippen LogP contribution in [0.5, 0.6) is 0 Å². The van der Waals surface area contributed by atoms with E-state index in [0.29, 0.717) is 0 Å². The number of nitrogens with zero attached hydrogens (tertiary/aromatic N) is 3. The Bertz CT molecular complexity index is 277. The molecule has 16 heavy (non-hydrogen) atoms. The van der Waals surface area contributed by atoms with Gasteiger partial charge in [-0.15, -0.1) is 10.3 Å². The van der Waals surface area contributed by atoms with Crippen LogP contribution < -0.4 is 10.9 Å². The van der Waals surface area contributed by atoms with E-state index in [1.165, 1.54) is 0 Å². The molecule has 0 amide bonds. The van der Waals surface area contributed by atoms with Crippen molar-refractivity contribution in [3.05, 3.63) is 11.9 Å². The molecule has 0 atom stereocenters. The maximum Gasteiger partial charge on any atom is 0.139 e. The van der Waals surface area contributed by atoms with Crippen LogP contribution in [0.1, 0.15) is 20.8 Å². The Labute approximate surface area is 105 Å². The molecule has 0 aromatic carbocycles. The van der Waals surface area contributed by atoms with Crippen LogP contribution >= 0.6 is 21.7 Å². The lowest BCUT2D eigenvalue weighted by atomic mass is 10.4. The summed E-state index contributed by atoms with van der Waals surface area (Å²) in [5.74, 6) is 1.00. The van der Waals surface area contributed by atoms with Gasteiger partial charge < -0.3 is 4.90 Å². The molecule has 2 N–H and O–H groups in total. The first kappa shape index (κ1) is 13.5. The molecule has 5 nitrogen and oxygen atoms in total. The lowest BCUT2D eigenvalue weighted by Gasteiger charge is -2.32. The van der Waals surface area contributed by atoms with Crippen molar-refractivity contribution < 1.29 is 0 Å². The van der Waals surface area contributed by atoms with Gasteiger partial charge in [0.1, 0.15) is 10.9 Å². The molecule has 0 spiro atoms. The number of hydrogen-bond acceptors (Lipinski definition) is 6. The predicted molar refractivity (Wildman–Crippen MR) is 70.5 cm³/mol. The van der Waals surface area contributed by atoms with Gasteiger partial charge in [0, 0.05) is 36.7 Å². The Morgan fingerprint density at radius 3 is 2.69 bits per heavy atom. The fourth-order valence-electron chi connectivity index (χ4n) is 1.40. The summed E-state index contributed by atoms with van der Waals surface area (Å²) in [7, 11) is 6.86. The first-order chi connectivity index (χ1) is 7.74. The topological polar surface area (TPSA) is 42.9 Å². The van der Waals surface area contributed by atoms with Crippen molar-refractivity contribution in [3.8, 4) is 0 Å². The van der Waals surface area contributed by atoms with Crippen LogP contribution in [0.4, 0.5) is 0 Å². The highest BCUT2D eigenvalue weighted by Crippen LogP contribution is 2.16. The minimum absolute atomic E-state index is 0.767. The highest BCUT2D eigenvalue weighted by Gasteiger charge is 2.15. The van der Waals surface area contributed by atoms with Gasteiger partial charge in [-0.05, 0) is 24.5 Å². The van der Waals surface area contributed by atoms with Crippen LogP contribution in [-0.4, -0.2) is 34.8 Å². The Balaban J connectivity index is 2.77. The summed E-state index contributed by atoms with van der Waals surface area (Å²) in [5.41, 5.74) is 6.25. The third kappa shape index (κ3) is 3.47. The molecule has 0 aromatic heterocycles. The summed E-state index contributed by atoms with van der Waals surface area (Å²) in [4.78, 5) is 2.20. The van der Waals surface area contributed by atoms with E-state index in [4.69, 9.17) is 10.7 Å². The second-order valence-corrected chi connectivity index (χ2v) is 4.19. The number of hydrazone groups is 1. The fourth-order valence-corrected chi connectivity index (χ4v) is 1.89. The van der Waals surface area contributed by atoms with Gasteiger partial charge in [0.25, 0.3) is 0 Å². The number of rotatable bonds is 5. The molecule has 0 aliphatic carbocycles. The van der Waals surface area contributed by atoms with Gasteiger partial charge in [-0.1, -0.05) is 6.92 Å². The monoisotopic (exact) mass is 263 g/mol. The third-order valence-electron chi connectivity index (χ3n) is 2.17. The number of halogens is 1. The second kappa shape index (κ2) is 6.88. The van der Waals surface area contributed by atoms with E-state index in [-0.39, 0.29) is 0 Å². The van der Waals surface area contributed by atoms with Crippen LogP contribution in [0.25, 0.3) is 0 Å². The van der Waals surface area contributed by atoms with Gasteiger partial charge in [0.2, 0.25) is 0 Å². The predicted octanol–water partition coefficient (Wildman–Crippen LogP) is 1.71. The summed E-state index contributed by atoms with van der Waals surface area (Å²) in [5, 5.41) is 6.61. The van der Waals surface area contributed by atoms with Crippen molar-refractivity contribution in [1.29, 1.82) is 0 Å². The molecule has 0 unspecified atom stereocenters. The highest BCUT2D eigenvalue weighted by atomic mass is 35.7. The number of hydrazine groups is 2. The van der Waals surface area contributed by atoms with E-state index in [9.17, 15) is 0 Å². The standard InChI is InChI=1S/C9H18ClN5S/c1-4-11-15-12-8(14(5-2)6-3)7-9(13-15)16-10/h7,11-12H,4-6H2,1-3H3. The second-order valence-electron chi connectivity index (χ2n) is 3.15. The lowest BCUT2D eigenvalue weighted by molar-refractivity contribution is 0.116. The molecule has 1 rings (SSSR count).